The SMILES string of the molecule is NCC(CC(=O)O)c1cncc2c1CSC2. The highest BCUT2D eigenvalue weighted by Crippen LogP contribution is 2.35. The highest BCUT2D eigenvalue weighted by molar-refractivity contribution is 7.98. The lowest BCUT2D eigenvalue weighted by Crippen LogP contribution is -2.18. The summed E-state index contributed by atoms with van der Waals surface area (Å²) in [5.74, 6) is 1.00. The van der Waals surface area contributed by atoms with Crippen molar-refractivity contribution in [2.45, 2.75) is 23.8 Å². The number of carbonyl (C=O) groups is 1. The Balaban J connectivity index is 2.31. The third kappa shape index (κ3) is 2.20. The van der Waals surface area contributed by atoms with Crippen molar-refractivity contribution in [3.63, 3.8) is 0 Å². The number of aromatic nitrogens is 1. The maximum atomic E-state index is 10.8. The molecule has 0 saturated carbocycles. The number of hydrogen-bond acceptors (Lipinski definition) is 4. The van der Waals surface area contributed by atoms with E-state index in [1.807, 2.05) is 18.0 Å². The lowest BCUT2D eigenvalue weighted by atomic mass is 9.92. The van der Waals surface area contributed by atoms with Gasteiger partial charge in [-0.1, -0.05) is 0 Å². The van der Waals surface area contributed by atoms with E-state index in [0.717, 1.165) is 17.1 Å². The molecule has 1 aliphatic heterocycles. The minimum atomic E-state index is -0.807. The summed E-state index contributed by atoms with van der Waals surface area (Å²) in [6, 6.07) is 0. The van der Waals surface area contributed by atoms with Gasteiger partial charge in [0.15, 0.2) is 0 Å². The predicted octanol–water partition coefficient (Wildman–Crippen LogP) is 1.35. The second kappa shape index (κ2) is 4.84. The standard InChI is InChI=1S/C11H14N2O2S/c12-2-7(1-11(14)15)9-4-13-3-8-5-16-6-10(8)9/h3-4,7H,1-2,5-6,12H2,(H,14,15). The van der Waals surface area contributed by atoms with E-state index in [9.17, 15) is 4.79 Å². The van der Waals surface area contributed by atoms with E-state index in [4.69, 9.17) is 10.8 Å². The molecule has 4 nitrogen and oxygen atoms in total. The van der Waals surface area contributed by atoms with Crippen LogP contribution in [0.5, 0.6) is 0 Å². The Labute approximate surface area is 98.3 Å². The molecule has 1 atom stereocenters. The van der Waals surface area contributed by atoms with Crippen LogP contribution in [0.25, 0.3) is 0 Å². The Bertz CT molecular complexity index is 409. The summed E-state index contributed by atoms with van der Waals surface area (Å²) in [4.78, 5) is 14.9. The van der Waals surface area contributed by atoms with Crippen molar-refractivity contribution in [2.75, 3.05) is 6.54 Å². The Morgan fingerprint density at radius 3 is 3.06 bits per heavy atom. The number of thioether (sulfide) groups is 1. The molecule has 0 aromatic carbocycles. The largest absolute Gasteiger partial charge is 0.481 e. The van der Waals surface area contributed by atoms with E-state index in [1.165, 1.54) is 11.1 Å². The van der Waals surface area contributed by atoms with Gasteiger partial charge < -0.3 is 10.8 Å². The van der Waals surface area contributed by atoms with Gasteiger partial charge in [-0.2, -0.15) is 11.8 Å². The quantitative estimate of drug-likeness (QED) is 0.828. The summed E-state index contributed by atoms with van der Waals surface area (Å²) in [6.07, 6.45) is 3.72. The normalized spacial score (nSPS) is 15.8. The van der Waals surface area contributed by atoms with Crippen molar-refractivity contribution in [2.24, 2.45) is 5.73 Å². The number of carboxylic acid groups (broad SMARTS) is 1. The zero-order valence-electron chi connectivity index (χ0n) is 8.85. The lowest BCUT2D eigenvalue weighted by Gasteiger charge is -2.15. The molecule has 0 fully saturated rings. The Morgan fingerprint density at radius 2 is 2.38 bits per heavy atom. The smallest absolute Gasteiger partial charge is 0.304 e. The predicted molar refractivity (Wildman–Crippen MR) is 63.3 cm³/mol. The van der Waals surface area contributed by atoms with Crippen molar-refractivity contribution in [1.82, 2.24) is 4.98 Å². The van der Waals surface area contributed by atoms with Crippen LogP contribution in [0.15, 0.2) is 12.4 Å². The van der Waals surface area contributed by atoms with Crippen molar-refractivity contribution in [3.05, 3.63) is 29.1 Å². The lowest BCUT2D eigenvalue weighted by molar-refractivity contribution is -0.137. The molecule has 1 aliphatic rings. The van der Waals surface area contributed by atoms with Crippen LogP contribution in [0.3, 0.4) is 0 Å². The number of pyridine rings is 1. The summed E-state index contributed by atoms with van der Waals surface area (Å²) >= 11 is 1.84. The Kier molecular flexibility index (Phi) is 3.46. The number of fused-ring (bicyclic) bond motifs is 1. The van der Waals surface area contributed by atoms with Crippen molar-refractivity contribution >= 4 is 17.7 Å². The number of aliphatic carboxylic acids is 1. The first-order chi connectivity index (χ1) is 7.72. The third-order valence-corrected chi connectivity index (χ3v) is 3.84. The average Bonchev–Trinajstić information content (AvgIpc) is 2.73. The van der Waals surface area contributed by atoms with Crippen molar-refractivity contribution in [3.8, 4) is 0 Å². The molecule has 16 heavy (non-hydrogen) atoms. The molecule has 3 N–H and O–H groups in total. The first kappa shape index (κ1) is 11.4. The Hall–Kier alpha value is -1.07. The summed E-state index contributed by atoms with van der Waals surface area (Å²) < 4.78 is 0. The summed E-state index contributed by atoms with van der Waals surface area (Å²) in [6.45, 7) is 0.356. The average molecular weight is 238 g/mol. The molecule has 0 spiro atoms. The van der Waals surface area contributed by atoms with E-state index >= 15 is 0 Å². The molecular formula is C11H14N2O2S. The number of hydrogen-bond donors (Lipinski definition) is 2. The van der Waals surface area contributed by atoms with Crippen LogP contribution in [0.4, 0.5) is 0 Å². The van der Waals surface area contributed by atoms with E-state index in [2.05, 4.69) is 4.98 Å². The van der Waals surface area contributed by atoms with E-state index < -0.39 is 5.97 Å². The summed E-state index contributed by atoms with van der Waals surface area (Å²) in [5.41, 5.74) is 9.15. The van der Waals surface area contributed by atoms with Gasteiger partial charge in [0.25, 0.3) is 0 Å². The fourth-order valence-electron chi connectivity index (χ4n) is 2.00. The summed E-state index contributed by atoms with van der Waals surface area (Å²) in [7, 11) is 0. The third-order valence-electron chi connectivity index (χ3n) is 2.83. The molecule has 0 aliphatic carbocycles. The molecule has 5 heteroatoms. The van der Waals surface area contributed by atoms with Gasteiger partial charge in [-0.3, -0.25) is 9.78 Å². The van der Waals surface area contributed by atoms with Gasteiger partial charge in [0, 0.05) is 29.8 Å². The molecule has 1 unspecified atom stereocenters. The molecule has 0 amide bonds. The number of nitrogens with two attached hydrogens (primary N) is 1. The highest BCUT2D eigenvalue weighted by atomic mass is 32.2. The molecule has 2 heterocycles. The number of rotatable bonds is 4. The van der Waals surface area contributed by atoms with Gasteiger partial charge in [-0.05, 0) is 23.2 Å². The molecule has 1 aromatic rings. The Morgan fingerprint density at radius 1 is 1.56 bits per heavy atom. The zero-order chi connectivity index (χ0) is 11.5. The topological polar surface area (TPSA) is 76.2 Å². The second-order valence-electron chi connectivity index (χ2n) is 3.89. The number of carboxylic acids is 1. The molecule has 1 aromatic heterocycles. The van der Waals surface area contributed by atoms with E-state index in [0.29, 0.717) is 6.54 Å². The number of nitrogens with zero attached hydrogens (tertiary/aromatic N) is 1. The fourth-order valence-corrected chi connectivity index (χ4v) is 3.12. The fraction of sp³-hybridized carbons (Fsp3) is 0.455. The second-order valence-corrected chi connectivity index (χ2v) is 4.88. The molecule has 0 bridgehead atoms. The van der Waals surface area contributed by atoms with Crippen LogP contribution in [0, 0.1) is 0 Å². The molecular weight excluding hydrogens is 224 g/mol. The van der Waals surface area contributed by atoms with Gasteiger partial charge in [0.2, 0.25) is 0 Å². The van der Waals surface area contributed by atoms with Gasteiger partial charge >= 0.3 is 5.97 Å². The van der Waals surface area contributed by atoms with Crippen LogP contribution < -0.4 is 5.73 Å². The molecule has 0 saturated heterocycles. The van der Waals surface area contributed by atoms with Crippen LogP contribution in [-0.4, -0.2) is 22.6 Å². The maximum absolute atomic E-state index is 10.8. The first-order valence-corrected chi connectivity index (χ1v) is 6.33. The van der Waals surface area contributed by atoms with Crippen LogP contribution in [0.1, 0.15) is 29.0 Å². The maximum Gasteiger partial charge on any atom is 0.304 e. The zero-order valence-corrected chi connectivity index (χ0v) is 9.67. The highest BCUT2D eigenvalue weighted by Gasteiger charge is 2.22. The van der Waals surface area contributed by atoms with Crippen LogP contribution in [-0.2, 0) is 16.3 Å². The van der Waals surface area contributed by atoms with Gasteiger partial charge in [-0.15, -0.1) is 0 Å². The van der Waals surface area contributed by atoms with Crippen molar-refractivity contribution in [1.29, 1.82) is 0 Å². The minimum absolute atomic E-state index is 0.0826. The van der Waals surface area contributed by atoms with E-state index in [1.54, 1.807) is 6.20 Å². The van der Waals surface area contributed by atoms with Crippen molar-refractivity contribution < 1.29 is 9.90 Å². The first-order valence-electron chi connectivity index (χ1n) is 5.17. The van der Waals surface area contributed by atoms with Gasteiger partial charge in [0.1, 0.15) is 0 Å². The van der Waals surface area contributed by atoms with E-state index in [-0.39, 0.29) is 12.3 Å². The van der Waals surface area contributed by atoms with Crippen LogP contribution in [0.2, 0.25) is 0 Å². The molecule has 0 radical (unpaired) electrons. The summed E-state index contributed by atoms with van der Waals surface area (Å²) in [5, 5.41) is 8.84. The molecule has 2 rings (SSSR count). The molecule has 86 valence electrons. The monoisotopic (exact) mass is 238 g/mol. The minimum Gasteiger partial charge on any atom is -0.481 e. The van der Waals surface area contributed by atoms with Crippen LogP contribution >= 0.6 is 11.8 Å². The van der Waals surface area contributed by atoms with Gasteiger partial charge in [0.05, 0.1) is 6.42 Å². The van der Waals surface area contributed by atoms with Gasteiger partial charge in [-0.25, -0.2) is 0 Å².